The Morgan fingerprint density at radius 2 is 1.81 bits per heavy atom. The van der Waals surface area contributed by atoms with E-state index in [9.17, 15) is 22.8 Å². The molecule has 1 atom stereocenters. The Hall–Kier alpha value is -3.48. The molecule has 1 amide bonds. The number of anilines is 1. The molecule has 1 aliphatic carbocycles. The molecule has 1 saturated heterocycles. The van der Waals surface area contributed by atoms with Crippen LogP contribution in [-0.4, -0.2) is 43.1 Å². The number of halogens is 5. The number of benzene rings is 1. The third kappa shape index (κ3) is 5.51. The molecular weight excluding hydrogens is 606 g/mol. The number of hydrogen-bond acceptors (Lipinski definition) is 6. The fourth-order valence-electron chi connectivity index (χ4n) is 6.60. The molecule has 9 nitrogen and oxygen atoms in total. The highest BCUT2D eigenvalue weighted by Crippen LogP contribution is 2.49. The predicted molar refractivity (Wildman–Crippen MR) is 159 cm³/mol. The summed E-state index contributed by atoms with van der Waals surface area (Å²) < 4.78 is 42.4. The summed E-state index contributed by atoms with van der Waals surface area (Å²) in [5, 5.41) is 10.4. The number of carbonyl (C=O) groups is 1. The average molecular weight is 637 g/mol. The maximum absolute atomic E-state index is 14.1. The van der Waals surface area contributed by atoms with Gasteiger partial charge in [-0.3, -0.25) is 14.6 Å². The van der Waals surface area contributed by atoms with Gasteiger partial charge in [0.15, 0.2) is 5.82 Å². The molecule has 0 bridgehead atoms. The minimum absolute atomic E-state index is 0. The number of pyridine rings is 1. The van der Waals surface area contributed by atoms with Gasteiger partial charge in [0.2, 0.25) is 11.7 Å². The van der Waals surface area contributed by atoms with Crippen LogP contribution in [0.4, 0.5) is 18.9 Å². The number of alkyl halides is 3. The van der Waals surface area contributed by atoms with Gasteiger partial charge in [-0.2, -0.15) is 22.7 Å². The van der Waals surface area contributed by atoms with Crippen LogP contribution < -0.4 is 16.2 Å². The molecule has 4 heterocycles. The van der Waals surface area contributed by atoms with E-state index in [1.807, 2.05) is 32.9 Å². The number of aromatic nitrogens is 5. The molecule has 3 aromatic heterocycles. The molecule has 43 heavy (non-hydrogen) atoms. The van der Waals surface area contributed by atoms with Gasteiger partial charge in [0.1, 0.15) is 6.54 Å². The second-order valence-corrected chi connectivity index (χ2v) is 11.7. The molecule has 1 unspecified atom stereocenters. The van der Waals surface area contributed by atoms with Crippen LogP contribution in [0.1, 0.15) is 60.3 Å². The quantitative estimate of drug-likeness (QED) is 0.310. The van der Waals surface area contributed by atoms with Crippen molar-refractivity contribution in [2.75, 3.05) is 18.4 Å². The van der Waals surface area contributed by atoms with Crippen LogP contribution in [0.3, 0.4) is 0 Å². The second-order valence-electron chi connectivity index (χ2n) is 11.3. The van der Waals surface area contributed by atoms with E-state index in [1.54, 1.807) is 4.57 Å². The van der Waals surface area contributed by atoms with Crippen LogP contribution in [0.15, 0.2) is 35.1 Å². The first-order valence-electron chi connectivity index (χ1n) is 13.7. The Morgan fingerprint density at radius 3 is 2.44 bits per heavy atom. The van der Waals surface area contributed by atoms with E-state index in [1.165, 1.54) is 4.52 Å². The topological polar surface area (TPSA) is 106 Å². The molecule has 1 fully saturated rings. The number of carbonyl (C=O) groups excluding carboxylic acids is 1. The molecule has 228 valence electrons. The lowest BCUT2D eigenvalue weighted by Crippen LogP contribution is -2.42. The maximum Gasteiger partial charge on any atom is 0.416 e. The first-order valence-corrected chi connectivity index (χ1v) is 14.1. The third-order valence-electron chi connectivity index (χ3n) is 8.25. The summed E-state index contributed by atoms with van der Waals surface area (Å²) in [4.78, 5) is 36.7. The molecular formula is C29H30Cl2F3N7O2. The molecule has 4 aromatic rings. The summed E-state index contributed by atoms with van der Waals surface area (Å²) in [5.74, 6) is -0.0180. The SMILES string of the molecule is Cc1cc(-c2nc3n(CC(=O)Nc4ccc(C(F)(F)F)cc4Cl)c4c(c(=O)n3n2)C2(CCNCC2)CC4C)cc(C)n1.Cl. The summed E-state index contributed by atoms with van der Waals surface area (Å²) in [5.41, 5.74) is 2.19. The van der Waals surface area contributed by atoms with Crippen LogP contribution in [0.2, 0.25) is 5.02 Å². The summed E-state index contributed by atoms with van der Waals surface area (Å²) in [6.07, 6.45) is -2.24. The molecule has 1 aromatic carbocycles. The molecule has 0 saturated carbocycles. The van der Waals surface area contributed by atoms with Gasteiger partial charge in [-0.25, -0.2) is 0 Å². The van der Waals surface area contributed by atoms with Crippen molar-refractivity contribution in [1.82, 2.24) is 29.5 Å². The number of amides is 1. The second kappa shape index (κ2) is 11.2. The fourth-order valence-corrected chi connectivity index (χ4v) is 6.82. The van der Waals surface area contributed by atoms with Gasteiger partial charge in [0.25, 0.3) is 5.56 Å². The van der Waals surface area contributed by atoms with E-state index in [-0.39, 0.29) is 52.3 Å². The largest absolute Gasteiger partial charge is 0.416 e. The van der Waals surface area contributed by atoms with E-state index in [2.05, 4.69) is 20.7 Å². The minimum Gasteiger partial charge on any atom is -0.323 e. The minimum atomic E-state index is -4.56. The fraction of sp³-hybridized carbons (Fsp3) is 0.414. The number of rotatable bonds is 4. The van der Waals surface area contributed by atoms with Crippen LogP contribution in [-0.2, 0) is 22.9 Å². The van der Waals surface area contributed by atoms with E-state index in [4.69, 9.17) is 16.6 Å². The zero-order chi connectivity index (χ0) is 30.0. The number of nitrogens with zero attached hydrogens (tertiary/aromatic N) is 5. The Bertz CT molecular complexity index is 1780. The van der Waals surface area contributed by atoms with E-state index < -0.39 is 17.6 Å². The van der Waals surface area contributed by atoms with Crippen LogP contribution in [0.25, 0.3) is 17.2 Å². The molecule has 2 N–H and O–H groups in total. The summed E-state index contributed by atoms with van der Waals surface area (Å²) in [6, 6.07) is 6.44. The lowest BCUT2D eigenvalue weighted by molar-refractivity contribution is -0.137. The summed E-state index contributed by atoms with van der Waals surface area (Å²) >= 11 is 6.11. The first kappa shape index (κ1) is 31.0. The summed E-state index contributed by atoms with van der Waals surface area (Å²) in [6.45, 7) is 7.07. The lowest BCUT2D eigenvalue weighted by atomic mass is 9.74. The van der Waals surface area contributed by atoms with Gasteiger partial charge in [-0.05, 0) is 82.4 Å². The normalized spacial score (nSPS) is 17.6. The Balaban J connectivity index is 0.00000368. The Morgan fingerprint density at radius 1 is 1.14 bits per heavy atom. The van der Waals surface area contributed by atoms with E-state index >= 15 is 0 Å². The molecule has 2 aliphatic rings. The highest BCUT2D eigenvalue weighted by atomic mass is 35.5. The lowest BCUT2D eigenvalue weighted by Gasteiger charge is -2.34. The van der Waals surface area contributed by atoms with Crippen molar-refractivity contribution in [3.05, 3.63) is 73.9 Å². The summed E-state index contributed by atoms with van der Waals surface area (Å²) in [7, 11) is 0. The highest BCUT2D eigenvalue weighted by Gasteiger charge is 2.47. The van der Waals surface area contributed by atoms with Crippen molar-refractivity contribution in [2.24, 2.45) is 0 Å². The van der Waals surface area contributed by atoms with Crippen molar-refractivity contribution >= 4 is 41.4 Å². The van der Waals surface area contributed by atoms with Crippen LogP contribution in [0, 0.1) is 13.8 Å². The average Bonchev–Trinajstić information content (AvgIpc) is 3.47. The zero-order valence-corrected chi connectivity index (χ0v) is 25.3. The number of piperidine rings is 1. The first-order chi connectivity index (χ1) is 19.9. The van der Waals surface area contributed by atoms with Gasteiger partial charge in [-0.15, -0.1) is 17.5 Å². The van der Waals surface area contributed by atoms with Crippen molar-refractivity contribution in [2.45, 2.75) is 64.1 Å². The van der Waals surface area contributed by atoms with Crippen LogP contribution >= 0.6 is 24.0 Å². The van der Waals surface area contributed by atoms with Crippen molar-refractivity contribution < 1.29 is 18.0 Å². The standard InChI is InChI=1S/C29H29ClF3N7O2.ClH/c1-15-13-28(6-8-34-9-7-28)23-24(15)39(14-22(41)36-21-5-4-19(12-20(21)30)29(31,32)33)27-37-25(38-40(27)26(23)42)18-10-16(2)35-17(3)11-18;/h4-5,10-12,15,34H,6-9,13-14H2,1-3H3,(H,36,41);1H. The number of aryl methyl sites for hydroxylation is 2. The number of hydrogen-bond donors (Lipinski definition) is 2. The monoisotopic (exact) mass is 635 g/mol. The smallest absolute Gasteiger partial charge is 0.323 e. The van der Waals surface area contributed by atoms with Gasteiger partial charge in [0, 0.05) is 33.6 Å². The molecule has 14 heteroatoms. The van der Waals surface area contributed by atoms with E-state index in [0.717, 1.165) is 67.6 Å². The van der Waals surface area contributed by atoms with Crippen molar-refractivity contribution in [3.8, 4) is 11.4 Å². The molecule has 0 radical (unpaired) electrons. The number of fused-ring (bicyclic) bond motifs is 3. The van der Waals surface area contributed by atoms with Crippen LogP contribution in [0.5, 0.6) is 0 Å². The third-order valence-corrected chi connectivity index (χ3v) is 8.56. The number of nitrogens with one attached hydrogen (secondary N) is 2. The predicted octanol–water partition coefficient (Wildman–Crippen LogP) is 5.43. The zero-order valence-electron chi connectivity index (χ0n) is 23.7. The van der Waals surface area contributed by atoms with E-state index in [0.29, 0.717) is 17.0 Å². The molecule has 6 rings (SSSR count). The van der Waals surface area contributed by atoms with Gasteiger partial charge >= 0.3 is 6.18 Å². The Kier molecular flexibility index (Phi) is 8.08. The van der Waals surface area contributed by atoms with Crippen molar-refractivity contribution in [3.63, 3.8) is 0 Å². The van der Waals surface area contributed by atoms with Gasteiger partial charge in [-0.1, -0.05) is 18.5 Å². The van der Waals surface area contributed by atoms with Gasteiger partial charge in [0.05, 0.1) is 16.3 Å². The highest BCUT2D eigenvalue weighted by molar-refractivity contribution is 6.33. The molecule has 1 aliphatic heterocycles. The molecule has 1 spiro atoms. The Labute approximate surface area is 256 Å². The van der Waals surface area contributed by atoms with Gasteiger partial charge < -0.3 is 15.2 Å². The maximum atomic E-state index is 14.1. The van der Waals surface area contributed by atoms with Crippen molar-refractivity contribution in [1.29, 1.82) is 0 Å².